The maximum absolute atomic E-state index is 12.3. The van der Waals surface area contributed by atoms with E-state index in [1.807, 2.05) is 6.26 Å². The molecule has 0 aromatic heterocycles. The van der Waals surface area contributed by atoms with Gasteiger partial charge >= 0.3 is 5.97 Å². The first kappa shape index (κ1) is 21.3. The molecule has 1 aromatic rings. The van der Waals surface area contributed by atoms with E-state index in [4.69, 9.17) is 21.4 Å². The minimum atomic E-state index is -1.18. The second-order valence-corrected chi connectivity index (χ2v) is 6.49. The van der Waals surface area contributed by atoms with Gasteiger partial charge in [0.2, 0.25) is 5.91 Å². The molecule has 0 spiro atoms. The van der Waals surface area contributed by atoms with E-state index in [-0.39, 0.29) is 17.1 Å². The molecule has 0 aliphatic carbocycles. The SMILES string of the molecule is COC(CNC(=O)C(CCSC)NC(=O)c1ccccc1Cl)C(=O)O. The van der Waals surface area contributed by atoms with Crippen molar-refractivity contribution in [2.45, 2.75) is 18.6 Å². The van der Waals surface area contributed by atoms with Gasteiger partial charge in [-0.15, -0.1) is 0 Å². The molecule has 0 radical (unpaired) electrons. The zero-order valence-corrected chi connectivity index (χ0v) is 15.5. The number of ether oxygens (including phenoxy) is 1. The fraction of sp³-hybridized carbons (Fsp3) is 0.438. The Morgan fingerprint density at radius 2 is 2.00 bits per heavy atom. The highest BCUT2D eigenvalue weighted by atomic mass is 35.5. The highest BCUT2D eigenvalue weighted by Crippen LogP contribution is 2.15. The maximum atomic E-state index is 12.3. The normalized spacial score (nSPS) is 12.9. The predicted octanol–water partition coefficient (Wildman–Crippen LogP) is 1.41. The number of thioether (sulfide) groups is 1. The average molecular weight is 389 g/mol. The lowest BCUT2D eigenvalue weighted by Crippen LogP contribution is -2.49. The first-order valence-electron chi connectivity index (χ1n) is 7.48. The lowest BCUT2D eigenvalue weighted by molar-refractivity contribution is -0.148. The molecule has 138 valence electrons. The van der Waals surface area contributed by atoms with Gasteiger partial charge in [-0.2, -0.15) is 11.8 Å². The standard InChI is InChI=1S/C16H21ClN2O5S/c1-24-13(16(22)23)9-18-15(21)12(7-8-25-2)19-14(20)10-5-3-4-6-11(10)17/h3-6,12-13H,7-9H2,1-2H3,(H,18,21)(H,19,20)(H,22,23). The summed E-state index contributed by atoms with van der Waals surface area (Å²) >= 11 is 7.53. The van der Waals surface area contributed by atoms with Crippen LogP contribution < -0.4 is 10.6 Å². The lowest BCUT2D eigenvalue weighted by atomic mass is 10.1. The van der Waals surface area contributed by atoms with Crippen LogP contribution in [0.4, 0.5) is 0 Å². The van der Waals surface area contributed by atoms with Crippen LogP contribution in [-0.4, -0.2) is 60.7 Å². The third-order valence-corrected chi connectivity index (χ3v) is 4.35. The van der Waals surface area contributed by atoms with Crippen LogP contribution in [0.5, 0.6) is 0 Å². The monoisotopic (exact) mass is 388 g/mol. The van der Waals surface area contributed by atoms with Gasteiger partial charge in [-0.25, -0.2) is 4.79 Å². The molecule has 0 heterocycles. The number of methoxy groups -OCH3 is 1. The Bertz CT molecular complexity index is 614. The van der Waals surface area contributed by atoms with Crippen molar-refractivity contribution in [1.29, 1.82) is 0 Å². The predicted molar refractivity (Wildman–Crippen MR) is 97.1 cm³/mol. The molecular weight excluding hydrogens is 368 g/mol. The van der Waals surface area contributed by atoms with Crippen LogP contribution in [-0.2, 0) is 14.3 Å². The molecule has 2 atom stereocenters. The summed E-state index contributed by atoms with van der Waals surface area (Å²) in [5.41, 5.74) is 0.270. The van der Waals surface area contributed by atoms with Crippen LogP contribution in [0, 0.1) is 0 Å². The fourth-order valence-corrected chi connectivity index (χ4v) is 2.67. The van der Waals surface area contributed by atoms with E-state index in [0.29, 0.717) is 12.2 Å². The summed E-state index contributed by atoms with van der Waals surface area (Å²) < 4.78 is 4.77. The highest BCUT2D eigenvalue weighted by Gasteiger charge is 2.24. The number of carboxylic acids is 1. The third kappa shape index (κ3) is 6.93. The summed E-state index contributed by atoms with van der Waals surface area (Å²) in [6.45, 7) is -0.192. The lowest BCUT2D eigenvalue weighted by Gasteiger charge is -2.19. The zero-order chi connectivity index (χ0) is 18.8. The van der Waals surface area contributed by atoms with Gasteiger partial charge < -0.3 is 20.5 Å². The summed E-state index contributed by atoms with van der Waals surface area (Å²) in [5.74, 6) is -1.47. The second-order valence-electron chi connectivity index (χ2n) is 5.10. The zero-order valence-electron chi connectivity index (χ0n) is 14.0. The molecule has 0 bridgehead atoms. The number of amides is 2. The number of halogens is 1. The quantitative estimate of drug-likeness (QED) is 0.559. The van der Waals surface area contributed by atoms with Crippen LogP contribution in [0.3, 0.4) is 0 Å². The Labute approximate surface area is 155 Å². The summed E-state index contributed by atoms with van der Waals surface area (Å²) in [6.07, 6.45) is 1.13. The largest absolute Gasteiger partial charge is 0.479 e. The van der Waals surface area contributed by atoms with Gasteiger partial charge in [0.05, 0.1) is 17.1 Å². The molecule has 2 amide bonds. The summed E-state index contributed by atoms with van der Waals surface area (Å²) in [7, 11) is 1.25. The number of benzene rings is 1. The van der Waals surface area contributed by atoms with Crippen LogP contribution in [0.25, 0.3) is 0 Å². The van der Waals surface area contributed by atoms with Gasteiger partial charge in [-0.3, -0.25) is 9.59 Å². The third-order valence-electron chi connectivity index (χ3n) is 3.37. The Balaban J connectivity index is 2.75. The number of aliphatic carboxylic acids is 1. The molecule has 0 aliphatic rings. The Hall–Kier alpha value is -1.77. The molecule has 2 unspecified atom stereocenters. The van der Waals surface area contributed by atoms with Gasteiger partial charge in [0, 0.05) is 7.11 Å². The van der Waals surface area contributed by atoms with Crippen molar-refractivity contribution in [2.75, 3.05) is 25.7 Å². The topological polar surface area (TPSA) is 105 Å². The molecule has 1 rings (SSSR count). The molecule has 0 saturated carbocycles. The number of nitrogens with one attached hydrogen (secondary N) is 2. The minimum absolute atomic E-state index is 0.192. The number of carbonyl (C=O) groups excluding carboxylic acids is 2. The van der Waals surface area contributed by atoms with E-state index in [2.05, 4.69) is 10.6 Å². The number of carboxylic acid groups (broad SMARTS) is 1. The molecule has 0 saturated heterocycles. The van der Waals surface area contributed by atoms with E-state index < -0.39 is 29.9 Å². The van der Waals surface area contributed by atoms with E-state index in [9.17, 15) is 14.4 Å². The summed E-state index contributed by atoms with van der Waals surface area (Å²) in [4.78, 5) is 35.6. The van der Waals surface area contributed by atoms with Crippen molar-refractivity contribution in [1.82, 2.24) is 10.6 Å². The Morgan fingerprint density at radius 3 is 2.56 bits per heavy atom. The summed E-state index contributed by atoms with van der Waals surface area (Å²) in [6, 6.07) is 5.72. The molecule has 9 heteroatoms. The van der Waals surface area contributed by atoms with Crippen molar-refractivity contribution < 1.29 is 24.2 Å². The van der Waals surface area contributed by atoms with Gasteiger partial charge in [0.15, 0.2) is 6.10 Å². The van der Waals surface area contributed by atoms with Gasteiger partial charge in [-0.05, 0) is 30.6 Å². The van der Waals surface area contributed by atoms with Crippen molar-refractivity contribution >= 4 is 41.1 Å². The highest BCUT2D eigenvalue weighted by molar-refractivity contribution is 7.98. The molecule has 0 aliphatic heterocycles. The van der Waals surface area contributed by atoms with Crippen molar-refractivity contribution in [3.8, 4) is 0 Å². The van der Waals surface area contributed by atoms with Crippen molar-refractivity contribution in [3.63, 3.8) is 0 Å². The number of hydrogen-bond donors (Lipinski definition) is 3. The van der Waals surface area contributed by atoms with Crippen molar-refractivity contribution in [2.24, 2.45) is 0 Å². The smallest absolute Gasteiger partial charge is 0.334 e. The minimum Gasteiger partial charge on any atom is -0.479 e. The van der Waals surface area contributed by atoms with E-state index in [1.54, 1.807) is 24.3 Å². The average Bonchev–Trinajstić information content (AvgIpc) is 2.58. The molecule has 7 nitrogen and oxygen atoms in total. The van der Waals surface area contributed by atoms with Gasteiger partial charge in [0.1, 0.15) is 6.04 Å². The molecule has 3 N–H and O–H groups in total. The number of carbonyl (C=O) groups is 3. The van der Waals surface area contributed by atoms with Crippen LogP contribution >= 0.6 is 23.4 Å². The fourth-order valence-electron chi connectivity index (χ4n) is 1.97. The summed E-state index contributed by atoms with van der Waals surface area (Å²) in [5, 5.41) is 14.3. The Morgan fingerprint density at radius 1 is 1.32 bits per heavy atom. The van der Waals surface area contributed by atoms with Crippen LogP contribution in [0.2, 0.25) is 5.02 Å². The van der Waals surface area contributed by atoms with Crippen LogP contribution in [0.15, 0.2) is 24.3 Å². The first-order valence-corrected chi connectivity index (χ1v) is 9.25. The number of rotatable bonds is 10. The molecular formula is C16H21ClN2O5S. The molecule has 0 fully saturated rings. The molecule has 1 aromatic carbocycles. The van der Waals surface area contributed by atoms with E-state index in [0.717, 1.165) is 0 Å². The van der Waals surface area contributed by atoms with Crippen molar-refractivity contribution in [3.05, 3.63) is 34.9 Å². The van der Waals surface area contributed by atoms with Gasteiger partial charge in [0.25, 0.3) is 5.91 Å². The molecule has 25 heavy (non-hydrogen) atoms. The maximum Gasteiger partial charge on any atom is 0.334 e. The van der Waals surface area contributed by atoms with E-state index >= 15 is 0 Å². The van der Waals surface area contributed by atoms with Gasteiger partial charge in [-0.1, -0.05) is 23.7 Å². The first-order chi connectivity index (χ1) is 11.9. The van der Waals surface area contributed by atoms with Crippen LogP contribution in [0.1, 0.15) is 16.8 Å². The second kappa shape index (κ2) is 11.0. The number of hydrogen-bond acceptors (Lipinski definition) is 5. The Kier molecular flexibility index (Phi) is 9.33. The van der Waals surface area contributed by atoms with E-state index in [1.165, 1.54) is 18.9 Å².